The molecule has 0 saturated heterocycles. The van der Waals surface area contributed by atoms with Gasteiger partial charge in [0.15, 0.2) is 0 Å². The number of halogens is 1. The molecule has 0 unspecified atom stereocenters. The number of rotatable bonds is 11. The third-order valence-corrected chi connectivity index (χ3v) is 4.53. The molecule has 0 aliphatic carbocycles. The summed E-state index contributed by atoms with van der Waals surface area (Å²) >= 11 is 5.98. The average Bonchev–Trinajstić information content (AvgIpc) is 2.72. The number of carbonyl (C=O) groups excluding carboxylic acids is 1. The number of aromatic nitrogens is 1. The van der Waals surface area contributed by atoms with E-state index in [1.165, 1.54) is 0 Å². The van der Waals surface area contributed by atoms with Crippen LogP contribution in [0.25, 0.3) is 0 Å². The van der Waals surface area contributed by atoms with Gasteiger partial charge in [-0.3, -0.25) is 0 Å². The SMILES string of the molecule is C=C(C)\C(=C/C=C(C)/C(NNC)=C(/CC)CNC(=O)OCc1cccnc1Cl)OC. The van der Waals surface area contributed by atoms with Crippen molar-refractivity contribution in [1.29, 1.82) is 0 Å². The first-order valence-corrected chi connectivity index (χ1v) is 9.95. The van der Waals surface area contributed by atoms with Crippen LogP contribution in [0.15, 0.2) is 65.2 Å². The summed E-state index contributed by atoms with van der Waals surface area (Å²) in [5.74, 6) is 0.701. The van der Waals surface area contributed by atoms with Gasteiger partial charge in [-0.05, 0) is 49.1 Å². The summed E-state index contributed by atoms with van der Waals surface area (Å²) in [7, 11) is 3.39. The number of allylic oxidation sites excluding steroid dienone is 4. The van der Waals surface area contributed by atoms with Gasteiger partial charge in [0, 0.05) is 25.4 Å². The van der Waals surface area contributed by atoms with Crippen molar-refractivity contribution < 1.29 is 14.3 Å². The van der Waals surface area contributed by atoms with E-state index in [-0.39, 0.29) is 6.61 Å². The molecule has 0 fully saturated rings. The van der Waals surface area contributed by atoms with E-state index in [0.29, 0.717) is 23.0 Å². The number of amides is 1. The number of ether oxygens (including phenoxy) is 2. The van der Waals surface area contributed by atoms with E-state index in [4.69, 9.17) is 21.1 Å². The lowest BCUT2D eigenvalue weighted by Crippen LogP contribution is -2.32. The normalized spacial score (nSPS) is 12.7. The number of carbonyl (C=O) groups is 1. The van der Waals surface area contributed by atoms with Gasteiger partial charge in [-0.2, -0.15) is 0 Å². The molecular weight excluding hydrogens is 404 g/mol. The number of hydrazine groups is 1. The maximum absolute atomic E-state index is 12.1. The molecule has 0 atom stereocenters. The minimum absolute atomic E-state index is 0.0513. The van der Waals surface area contributed by atoms with Crippen LogP contribution >= 0.6 is 11.6 Å². The van der Waals surface area contributed by atoms with E-state index >= 15 is 0 Å². The van der Waals surface area contributed by atoms with Gasteiger partial charge in [0.2, 0.25) is 0 Å². The standard InChI is InChI=1S/C22H31ClN4O3/c1-7-17(13-26-22(28)30-14-18-9-8-12-25-21(18)23)20(27-24-5)16(4)10-11-19(29-6)15(2)3/h8-12,24,27H,2,7,13-14H2,1,3-6H3,(H,26,28)/b16-10+,19-11+,20-17+. The topological polar surface area (TPSA) is 84.5 Å². The quantitative estimate of drug-likeness (QED) is 0.207. The number of hydrogen-bond acceptors (Lipinski definition) is 6. The van der Waals surface area contributed by atoms with Crippen molar-refractivity contribution in [2.45, 2.75) is 33.8 Å². The lowest BCUT2D eigenvalue weighted by atomic mass is 10.1. The molecule has 0 aliphatic heterocycles. The number of methoxy groups -OCH3 is 1. The molecule has 0 spiro atoms. The molecule has 1 heterocycles. The zero-order chi connectivity index (χ0) is 22.5. The molecule has 0 aromatic carbocycles. The van der Waals surface area contributed by atoms with Gasteiger partial charge in [-0.25, -0.2) is 15.2 Å². The highest BCUT2D eigenvalue weighted by molar-refractivity contribution is 6.30. The number of hydrogen-bond donors (Lipinski definition) is 3. The van der Waals surface area contributed by atoms with E-state index in [2.05, 4.69) is 27.7 Å². The molecule has 7 nitrogen and oxygen atoms in total. The number of pyridine rings is 1. The van der Waals surface area contributed by atoms with Crippen molar-refractivity contribution in [2.75, 3.05) is 20.7 Å². The summed E-state index contributed by atoms with van der Waals surface area (Å²) < 4.78 is 10.6. The first kappa shape index (κ1) is 25.3. The van der Waals surface area contributed by atoms with Crippen LogP contribution in [0, 0.1) is 0 Å². The van der Waals surface area contributed by atoms with Gasteiger partial charge in [0.25, 0.3) is 0 Å². The van der Waals surface area contributed by atoms with Crippen LogP contribution < -0.4 is 16.2 Å². The highest BCUT2D eigenvalue weighted by Gasteiger charge is 2.11. The molecule has 1 amide bonds. The highest BCUT2D eigenvalue weighted by atomic mass is 35.5. The second-order valence-corrected chi connectivity index (χ2v) is 6.81. The highest BCUT2D eigenvalue weighted by Crippen LogP contribution is 2.16. The molecule has 0 radical (unpaired) electrons. The lowest BCUT2D eigenvalue weighted by Gasteiger charge is -2.17. The van der Waals surface area contributed by atoms with Crippen LogP contribution in [-0.4, -0.2) is 31.8 Å². The Hall–Kier alpha value is -2.77. The smallest absolute Gasteiger partial charge is 0.407 e. The van der Waals surface area contributed by atoms with Crippen LogP contribution in [0.4, 0.5) is 4.79 Å². The molecule has 8 heteroatoms. The summed E-state index contributed by atoms with van der Waals surface area (Å²) in [5.41, 5.74) is 10.4. The Morgan fingerprint density at radius 3 is 2.63 bits per heavy atom. The maximum atomic E-state index is 12.1. The minimum atomic E-state index is -0.532. The zero-order valence-corrected chi connectivity index (χ0v) is 19.0. The molecule has 164 valence electrons. The fourth-order valence-electron chi connectivity index (χ4n) is 2.55. The van der Waals surface area contributed by atoms with E-state index in [1.54, 1.807) is 32.5 Å². The van der Waals surface area contributed by atoms with Crippen molar-refractivity contribution >= 4 is 17.7 Å². The third-order valence-electron chi connectivity index (χ3n) is 4.19. The molecule has 30 heavy (non-hydrogen) atoms. The van der Waals surface area contributed by atoms with E-state index in [1.807, 2.05) is 32.9 Å². The number of nitrogens with one attached hydrogen (secondary N) is 3. The third kappa shape index (κ3) is 8.31. The Morgan fingerprint density at radius 1 is 1.33 bits per heavy atom. The Balaban J connectivity index is 2.87. The van der Waals surface area contributed by atoms with Crippen LogP contribution in [0.3, 0.4) is 0 Å². The Morgan fingerprint density at radius 2 is 2.07 bits per heavy atom. The van der Waals surface area contributed by atoms with Gasteiger partial charge in [-0.15, -0.1) is 0 Å². The van der Waals surface area contributed by atoms with Crippen LogP contribution in [0.5, 0.6) is 0 Å². The maximum Gasteiger partial charge on any atom is 0.407 e. The summed E-state index contributed by atoms with van der Waals surface area (Å²) in [4.78, 5) is 16.1. The van der Waals surface area contributed by atoms with Crippen LogP contribution in [0.2, 0.25) is 5.15 Å². The van der Waals surface area contributed by atoms with E-state index in [0.717, 1.165) is 28.8 Å². The first-order valence-electron chi connectivity index (χ1n) is 9.57. The van der Waals surface area contributed by atoms with Crippen molar-refractivity contribution in [3.05, 3.63) is 76.0 Å². The molecule has 1 aromatic rings. The zero-order valence-electron chi connectivity index (χ0n) is 18.3. The van der Waals surface area contributed by atoms with E-state index in [9.17, 15) is 4.79 Å². The molecule has 0 aliphatic rings. The fourth-order valence-corrected chi connectivity index (χ4v) is 2.72. The summed E-state index contributed by atoms with van der Waals surface area (Å²) in [6.07, 6.45) is 5.57. The molecule has 1 rings (SSSR count). The Bertz CT molecular complexity index is 831. The molecule has 3 N–H and O–H groups in total. The largest absolute Gasteiger partial charge is 0.497 e. The second kappa shape index (κ2) is 13.5. The van der Waals surface area contributed by atoms with Crippen LogP contribution in [-0.2, 0) is 16.1 Å². The molecule has 0 bridgehead atoms. The van der Waals surface area contributed by atoms with Gasteiger partial charge in [0.05, 0.1) is 12.8 Å². The molecule has 1 aromatic heterocycles. The number of nitrogens with zero attached hydrogens (tertiary/aromatic N) is 1. The van der Waals surface area contributed by atoms with Gasteiger partial charge in [0.1, 0.15) is 17.5 Å². The van der Waals surface area contributed by atoms with Crippen molar-refractivity contribution in [3.63, 3.8) is 0 Å². The first-order chi connectivity index (χ1) is 14.3. The Kier molecular flexibility index (Phi) is 11.3. The predicted molar refractivity (Wildman–Crippen MR) is 121 cm³/mol. The second-order valence-electron chi connectivity index (χ2n) is 6.46. The lowest BCUT2D eigenvalue weighted by molar-refractivity contribution is 0.140. The summed E-state index contributed by atoms with van der Waals surface area (Å²) in [6.45, 7) is 10.1. The van der Waals surface area contributed by atoms with Gasteiger partial charge in [-0.1, -0.05) is 37.2 Å². The van der Waals surface area contributed by atoms with Gasteiger partial charge >= 0.3 is 6.09 Å². The molecule has 0 saturated carbocycles. The Labute approximate surface area is 183 Å². The predicted octanol–water partition coefficient (Wildman–Crippen LogP) is 4.40. The van der Waals surface area contributed by atoms with Crippen LogP contribution in [0.1, 0.15) is 32.8 Å². The van der Waals surface area contributed by atoms with Crippen molar-refractivity contribution in [3.8, 4) is 0 Å². The molecular formula is C22H31ClN4O3. The number of alkyl carbamates (subject to hydrolysis) is 1. The van der Waals surface area contributed by atoms with Crippen molar-refractivity contribution in [1.82, 2.24) is 21.2 Å². The fraction of sp³-hybridized carbons (Fsp3) is 0.364. The minimum Gasteiger partial charge on any atom is -0.497 e. The van der Waals surface area contributed by atoms with Crippen molar-refractivity contribution in [2.24, 2.45) is 0 Å². The summed E-state index contributed by atoms with van der Waals surface area (Å²) in [6, 6.07) is 3.50. The monoisotopic (exact) mass is 434 g/mol. The van der Waals surface area contributed by atoms with Gasteiger partial charge < -0.3 is 20.2 Å². The summed E-state index contributed by atoms with van der Waals surface area (Å²) in [5, 5.41) is 3.10. The average molecular weight is 435 g/mol. The van der Waals surface area contributed by atoms with E-state index < -0.39 is 6.09 Å².